The van der Waals surface area contributed by atoms with Crippen LogP contribution in [0.15, 0.2) is 12.4 Å². The second-order valence-electron chi connectivity index (χ2n) is 4.86. The number of aromatic nitrogens is 2. The summed E-state index contributed by atoms with van der Waals surface area (Å²) in [5.41, 5.74) is 0.608. The van der Waals surface area contributed by atoms with Crippen LogP contribution in [0.3, 0.4) is 0 Å². The van der Waals surface area contributed by atoms with E-state index < -0.39 is 0 Å². The smallest absolute Gasteiger partial charge is 0.254 e. The third-order valence-corrected chi connectivity index (χ3v) is 3.36. The van der Waals surface area contributed by atoms with E-state index in [0.29, 0.717) is 17.6 Å². The monoisotopic (exact) mass is 236 g/mol. The first kappa shape index (κ1) is 12.1. The van der Waals surface area contributed by atoms with Crippen LogP contribution in [0.1, 0.15) is 37.0 Å². The predicted molar refractivity (Wildman–Crippen MR) is 65.8 cm³/mol. The highest BCUT2D eigenvalue weighted by atomic mass is 16.1. The molecule has 0 spiro atoms. The zero-order chi connectivity index (χ0) is 12.3. The number of H-pyrrole nitrogens is 1. The van der Waals surface area contributed by atoms with Gasteiger partial charge in [0.1, 0.15) is 0 Å². The molecule has 17 heavy (non-hydrogen) atoms. The van der Waals surface area contributed by atoms with Gasteiger partial charge < -0.3 is 10.2 Å². The van der Waals surface area contributed by atoms with E-state index in [-0.39, 0.29) is 5.91 Å². The predicted octanol–water partition coefficient (Wildman–Crippen LogP) is 1.01. The first-order valence-corrected chi connectivity index (χ1v) is 6.20. The molecule has 0 bridgehead atoms. The van der Waals surface area contributed by atoms with Gasteiger partial charge in [-0.2, -0.15) is 5.10 Å². The van der Waals surface area contributed by atoms with Gasteiger partial charge in [-0.25, -0.2) is 0 Å². The van der Waals surface area contributed by atoms with Gasteiger partial charge in [0.05, 0.1) is 11.8 Å². The van der Waals surface area contributed by atoms with Crippen LogP contribution in [-0.4, -0.2) is 46.2 Å². The van der Waals surface area contributed by atoms with Crippen LogP contribution >= 0.6 is 0 Å². The molecule has 0 atom stereocenters. The van der Waals surface area contributed by atoms with Crippen LogP contribution < -0.4 is 5.32 Å². The Labute approximate surface area is 102 Å². The van der Waals surface area contributed by atoms with Crippen molar-refractivity contribution in [3.63, 3.8) is 0 Å². The summed E-state index contributed by atoms with van der Waals surface area (Å²) in [5.74, 6) is -0.0262. The molecule has 2 heterocycles. The van der Waals surface area contributed by atoms with Crippen molar-refractivity contribution < 1.29 is 4.79 Å². The maximum absolute atomic E-state index is 11.8. The number of carbonyl (C=O) groups excluding carboxylic acids is 1. The van der Waals surface area contributed by atoms with Gasteiger partial charge >= 0.3 is 0 Å². The lowest BCUT2D eigenvalue weighted by Gasteiger charge is -2.34. The third kappa shape index (κ3) is 3.06. The first-order chi connectivity index (χ1) is 8.16. The molecule has 1 amide bonds. The number of carbonyl (C=O) groups is 1. The lowest BCUT2D eigenvalue weighted by Crippen LogP contribution is -2.46. The zero-order valence-corrected chi connectivity index (χ0v) is 10.4. The van der Waals surface area contributed by atoms with E-state index in [9.17, 15) is 4.79 Å². The Bertz CT molecular complexity index is 353. The average Bonchev–Trinajstić information content (AvgIpc) is 2.83. The van der Waals surface area contributed by atoms with Gasteiger partial charge in [0, 0.05) is 31.4 Å². The SMILES string of the molecule is CC(C)N1CCC(NC(=O)c2cn[nH]c2)CC1. The molecule has 1 aliphatic rings. The maximum atomic E-state index is 11.8. The number of likely N-dealkylation sites (tertiary alicyclic amines) is 1. The van der Waals surface area contributed by atoms with Crippen LogP contribution in [0.25, 0.3) is 0 Å². The fourth-order valence-corrected chi connectivity index (χ4v) is 2.20. The Morgan fingerprint density at radius 3 is 2.76 bits per heavy atom. The lowest BCUT2D eigenvalue weighted by molar-refractivity contribution is 0.0900. The molecule has 0 aromatic carbocycles. The van der Waals surface area contributed by atoms with Gasteiger partial charge in [-0.3, -0.25) is 9.89 Å². The largest absolute Gasteiger partial charge is 0.349 e. The molecule has 2 rings (SSSR count). The summed E-state index contributed by atoms with van der Waals surface area (Å²) in [5, 5.41) is 9.48. The summed E-state index contributed by atoms with van der Waals surface area (Å²) in [6, 6.07) is 0.896. The van der Waals surface area contributed by atoms with Crippen molar-refractivity contribution in [2.75, 3.05) is 13.1 Å². The van der Waals surface area contributed by atoms with E-state index in [1.807, 2.05) is 0 Å². The fourth-order valence-electron chi connectivity index (χ4n) is 2.20. The Balaban J connectivity index is 1.80. The summed E-state index contributed by atoms with van der Waals surface area (Å²) in [4.78, 5) is 14.2. The molecule has 1 aromatic heterocycles. The highest BCUT2D eigenvalue weighted by Crippen LogP contribution is 2.13. The van der Waals surface area contributed by atoms with Crippen molar-refractivity contribution in [3.05, 3.63) is 18.0 Å². The summed E-state index contributed by atoms with van der Waals surface area (Å²) < 4.78 is 0. The second kappa shape index (κ2) is 5.31. The summed E-state index contributed by atoms with van der Waals surface area (Å²) >= 11 is 0. The Kier molecular flexibility index (Phi) is 3.78. The van der Waals surface area contributed by atoms with E-state index in [2.05, 4.69) is 34.3 Å². The van der Waals surface area contributed by atoms with Crippen molar-refractivity contribution in [1.82, 2.24) is 20.4 Å². The van der Waals surface area contributed by atoms with Crippen molar-refractivity contribution in [1.29, 1.82) is 0 Å². The third-order valence-electron chi connectivity index (χ3n) is 3.36. The number of piperidine rings is 1. The molecular weight excluding hydrogens is 216 g/mol. The number of rotatable bonds is 3. The Hall–Kier alpha value is -1.36. The van der Waals surface area contributed by atoms with E-state index in [1.165, 1.54) is 0 Å². The molecule has 1 saturated heterocycles. The molecule has 0 saturated carbocycles. The molecular formula is C12H20N4O. The minimum absolute atomic E-state index is 0.0262. The fraction of sp³-hybridized carbons (Fsp3) is 0.667. The Morgan fingerprint density at radius 2 is 2.24 bits per heavy atom. The lowest BCUT2D eigenvalue weighted by atomic mass is 10.0. The molecule has 0 aliphatic carbocycles. The minimum Gasteiger partial charge on any atom is -0.349 e. The van der Waals surface area contributed by atoms with Crippen LogP contribution in [-0.2, 0) is 0 Å². The van der Waals surface area contributed by atoms with Gasteiger partial charge in [-0.15, -0.1) is 0 Å². The molecule has 5 nitrogen and oxygen atoms in total. The zero-order valence-electron chi connectivity index (χ0n) is 10.4. The molecule has 1 aliphatic heterocycles. The minimum atomic E-state index is -0.0262. The van der Waals surface area contributed by atoms with Crippen LogP contribution in [0.2, 0.25) is 0 Å². The van der Waals surface area contributed by atoms with Gasteiger partial charge in [-0.05, 0) is 26.7 Å². The van der Waals surface area contributed by atoms with Gasteiger partial charge in [0.15, 0.2) is 0 Å². The molecule has 5 heteroatoms. The highest BCUT2D eigenvalue weighted by Gasteiger charge is 2.22. The molecule has 0 unspecified atom stereocenters. The Morgan fingerprint density at radius 1 is 1.53 bits per heavy atom. The van der Waals surface area contributed by atoms with E-state index in [0.717, 1.165) is 25.9 Å². The number of nitrogens with zero attached hydrogens (tertiary/aromatic N) is 2. The number of amides is 1. The second-order valence-corrected chi connectivity index (χ2v) is 4.86. The average molecular weight is 236 g/mol. The van der Waals surface area contributed by atoms with Crippen molar-refractivity contribution >= 4 is 5.91 Å². The number of nitrogens with one attached hydrogen (secondary N) is 2. The van der Waals surface area contributed by atoms with Crippen LogP contribution in [0.5, 0.6) is 0 Å². The molecule has 0 radical (unpaired) electrons. The number of hydrogen-bond donors (Lipinski definition) is 2. The highest BCUT2D eigenvalue weighted by molar-refractivity contribution is 5.93. The maximum Gasteiger partial charge on any atom is 0.254 e. The summed E-state index contributed by atoms with van der Waals surface area (Å²) in [6.45, 7) is 6.55. The van der Waals surface area contributed by atoms with Crippen molar-refractivity contribution in [3.8, 4) is 0 Å². The van der Waals surface area contributed by atoms with Gasteiger partial charge in [-0.1, -0.05) is 0 Å². The summed E-state index contributed by atoms with van der Waals surface area (Å²) in [6.07, 6.45) is 5.24. The van der Waals surface area contributed by atoms with E-state index in [1.54, 1.807) is 12.4 Å². The number of aromatic amines is 1. The first-order valence-electron chi connectivity index (χ1n) is 6.20. The molecule has 1 aromatic rings. The molecule has 94 valence electrons. The standard InChI is InChI=1S/C12H20N4O/c1-9(2)16-5-3-11(4-6-16)15-12(17)10-7-13-14-8-10/h7-9,11H,3-6H2,1-2H3,(H,13,14)(H,15,17). The summed E-state index contributed by atoms with van der Waals surface area (Å²) in [7, 11) is 0. The quantitative estimate of drug-likeness (QED) is 0.823. The van der Waals surface area contributed by atoms with Crippen molar-refractivity contribution in [2.45, 2.75) is 38.8 Å². The normalized spacial score (nSPS) is 18.5. The van der Waals surface area contributed by atoms with Crippen LogP contribution in [0, 0.1) is 0 Å². The van der Waals surface area contributed by atoms with Gasteiger partial charge in [0.2, 0.25) is 0 Å². The van der Waals surface area contributed by atoms with Crippen molar-refractivity contribution in [2.24, 2.45) is 0 Å². The van der Waals surface area contributed by atoms with E-state index >= 15 is 0 Å². The van der Waals surface area contributed by atoms with Gasteiger partial charge in [0.25, 0.3) is 5.91 Å². The number of hydrogen-bond acceptors (Lipinski definition) is 3. The molecule has 2 N–H and O–H groups in total. The topological polar surface area (TPSA) is 61.0 Å². The van der Waals surface area contributed by atoms with E-state index in [4.69, 9.17) is 0 Å². The van der Waals surface area contributed by atoms with Crippen LogP contribution in [0.4, 0.5) is 0 Å². The molecule has 1 fully saturated rings.